The standard InChI is InChI=1S/C19H18N2O3/c1-12-10-17(24-3)14(11-16(12)23-2)19(22)21-15-8-4-6-13-7-5-9-20-18(13)15/h4-11H,1-3H3,(H,21,22). The van der Waals surface area contributed by atoms with E-state index >= 15 is 0 Å². The molecule has 0 atom stereocenters. The number of ether oxygens (including phenoxy) is 2. The van der Waals surface area contributed by atoms with Crippen LogP contribution in [0.2, 0.25) is 0 Å². The third-order valence-electron chi connectivity index (χ3n) is 3.84. The number of hydrogen-bond donors (Lipinski definition) is 1. The Bertz CT molecular complexity index is 901. The number of rotatable bonds is 4. The molecule has 1 amide bonds. The summed E-state index contributed by atoms with van der Waals surface area (Å²) in [6, 6.07) is 12.9. The van der Waals surface area contributed by atoms with Gasteiger partial charge in [0.05, 0.1) is 31.0 Å². The van der Waals surface area contributed by atoms with Crippen molar-refractivity contribution in [2.75, 3.05) is 19.5 Å². The third-order valence-corrected chi connectivity index (χ3v) is 3.84. The van der Waals surface area contributed by atoms with E-state index in [9.17, 15) is 4.79 Å². The highest BCUT2D eigenvalue weighted by Crippen LogP contribution is 2.29. The van der Waals surface area contributed by atoms with Gasteiger partial charge >= 0.3 is 0 Å². The van der Waals surface area contributed by atoms with Gasteiger partial charge in [0, 0.05) is 11.6 Å². The van der Waals surface area contributed by atoms with Gasteiger partial charge in [-0.05, 0) is 36.8 Å². The fraction of sp³-hybridized carbons (Fsp3) is 0.158. The summed E-state index contributed by atoms with van der Waals surface area (Å²) >= 11 is 0. The van der Waals surface area contributed by atoms with Crippen molar-refractivity contribution >= 4 is 22.5 Å². The Morgan fingerprint density at radius 1 is 1.04 bits per heavy atom. The number of carbonyl (C=O) groups excluding carboxylic acids is 1. The first-order valence-corrected chi connectivity index (χ1v) is 7.51. The van der Waals surface area contributed by atoms with Gasteiger partial charge in [-0.2, -0.15) is 0 Å². The van der Waals surface area contributed by atoms with Crippen LogP contribution in [0.3, 0.4) is 0 Å². The number of para-hydroxylation sites is 1. The highest BCUT2D eigenvalue weighted by atomic mass is 16.5. The van der Waals surface area contributed by atoms with Gasteiger partial charge < -0.3 is 14.8 Å². The zero-order valence-electron chi connectivity index (χ0n) is 13.8. The fourth-order valence-electron chi connectivity index (χ4n) is 2.62. The lowest BCUT2D eigenvalue weighted by Crippen LogP contribution is -2.14. The van der Waals surface area contributed by atoms with Gasteiger partial charge in [-0.15, -0.1) is 0 Å². The van der Waals surface area contributed by atoms with Gasteiger partial charge in [0.15, 0.2) is 0 Å². The number of anilines is 1. The topological polar surface area (TPSA) is 60.5 Å². The molecule has 0 saturated carbocycles. The maximum atomic E-state index is 12.7. The molecule has 0 unspecified atom stereocenters. The van der Waals surface area contributed by atoms with E-state index in [0.717, 1.165) is 16.5 Å². The molecule has 3 aromatic rings. The van der Waals surface area contributed by atoms with Crippen molar-refractivity contribution in [2.45, 2.75) is 6.92 Å². The molecule has 122 valence electrons. The Morgan fingerprint density at radius 3 is 2.54 bits per heavy atom. The Labute approximate surface area is 140 Å². The number of methoxy groups -OCH3 is 2. The van der Waals surface area contributed by atoms with Crippen molar-refractivity contribution < 1.29 is 14.3 Å². The van der Waals surface area contributed by atoms with E-state index in [0.29, 0.717) is 22.7 Å². The number of benzene rings is 2. The lowest BCUT2D eigenvalue weighted by atomic mass is 10.1. The average Bonchev–Trinajstić information content (AvgIpc) is 2.61. The molecule has 0 spiro atoms. The van der Waals surface area contributed by atoms with Gasteiger partial charge in [-0.1, -0.05) is 18.2 Å². The van der Waals surface area contributed by atoms with Crippen molar-refractivity contribution in [3.8, 4) is 11.5 Å². The molecule has 1 N–H and O–H groups in total. The van der Waals surface area contributed by atoms with E-state index < -0.39 is 0 Å². The van der Waals surface area contributed by atoms with Gasteiger partial charge in [0.1, 0.15) is 11.5 Å². The predicted octanol–water partition coefficient (Wildman–Crippen LogP) is 3.81. The number of nitrogens with one attached hydrogen (secondary N) is 1. The van der Waals surface area contributed by atoms with Crippen molar-refractivity contribution in [2.24, 2.45) is 0 Å². The number of pyridine rings is 1. The highest BCUT2D eigenvalue weighted by molar-refractivity contribution is 6.10. The zero-order valence-corrected chi connectivity index (χ0v) is 13.8. The van der Waals surface area contributed by atoms with Crippen LogP contribution in [0, 0.1) is 6.92 Å². The average molecular weight is 322 g/mol. The summed E-state index contributed by atoms with van der Waals surface area (Å²) in [7, 11) is 3.11. The second kappa shape index (κ2) is 6.58. The molecule has 0 radical (unpaired) electrons. The first-order chi connectivity index (χ1) is 11.6. The highest BCUT2D eigenvalue weighted by Gasteiger charge is 2.17. The number of aryl methyl sites for hydroxylation is 1. The van der Waals surface area contributed by atoms with E-state index in [1.807, 2.05) is 37.3 Å². The second-order valence-electron chi connectivity index (χ2n) is 5.36. The summed E-state index contributed by atoms with van der Waals surface area (Å²) in [5.41, 5.74) is 2.71. The molecule has 5 nitrogen and oxygen atoms in total. The van der Waals surface area contributed by atoms with Crippen LogP contribution in [-0.2, 0) is 0 Å². The third kappa shape index (κ3) is 2.88. The van der Waals surface area contributed by atoms with Crippen LogP contribution < -0.4 is 14.8 Å². The molecular weight excluding hydrogens is 304 g/mol. The van der Waals surface area contributed by atoms with Gasteiger partial charge in [-0.25, -0.2) is 0 Å². The number of amides is 1. The van der Waals surface area contributed by atoms with Crippen LogP contribution in [0.4, 0.5) is 5.69 Å². The van der Waals surface area contributed by atoms with E-state index in [4.69, 9.17) is 9.47 Å². The molecule has 0 saturated heterocycles. The van der Waals surface area contributed by atoms with E-state index in [-0.39, 0.29) is 5.91 Å². The molecule has 0 fully saturated rings. The Hall–Kier alpha value is -3.08. The monoisotopic (exact) mass is 322 g/mol. The van der Waals surface area contributed by atoms with Gasteiger partial charge in [0.25, 0.3) is 5.91 Å². The van der Waals surface area contributed by atoms with Crippen LogP contribution in [0.25, 0.3) is 10.9 Å². The molecule has 0 bridgehead atoms. The van der Waals surface area contributed by atoms with E-state index in [2.05, 4.69) is 10.3 Å². The SMILES string of the molecule is COc1cc(C(=O)Nc2cccc3cccnc23)c(OC)cc1C. The van der Waals surface area contributed by atoms with Crippen LogP contribution in [0.5, 0.6) is 11.5 Å². The van der Waals surface area contributed by atoms with Crippen molar-refractivity contribution in [1.82, 2.24) is 4.98 Å². The van der Waals surface area contributed by atoms with Gasteiger partial charge in [-0.3, -0.25) is 9.78 Å². The first kappa shape index (κ1) is 15.8. The zero-order chi connectivity index (χ0) is 17.1. The molecule has 5 heteroatoms. The fourth-order valence-corrected chi connectivity index (χ4v) is 2.62. The molecule has 0 aliphatic heterocycles. The van der Waals surface area contributed by atoms with E-state index in [1.165, 1.54) is 7.11 Å². The summed E-state index contributed by atoms with van der Waals surface area (Å²) in [6.45, 7) is 1.90. The number of aromatic nitrogens is 1. The number of fused-ring (bicyclic) bond motifs is 1. The van der Waals surface area contributed by atoms with E-state index in [1.54, 1.807) is 25.4 Å². The smallest absolute Gasteiger partial charge is 0.259 e. The second-order valence-corrected chi connectivity index (χ2v) is 5.36. The maximum absolute atomic E-state index is 12.7. The molecule has 2 aromatic carbocycles. The summed E-state index contributed by atoms with van der Waals surface area (Å²) in [5.74, 6) is 0.860. The maximum Gasteiger partial charge on any atom is 0.259 e. The normalized spacial score (nSPS) is 10.5. The number of hydrogen-bond acceptors (Lipinski definition) is 4. The number of nitrogens with zero attached hydrogens (tertiary/aromatic N) is 1. The van der Waals surface area contributed by atoms with Crippen LogP contribution in [0.1, 0.15) is 15.9 Å². The van der Waals surface area contributed by atoms with Crippen molar-refractivity contribution in [3.05, 3.63) is 59.8 Å². The molecule has 1 heterocycles. The molecule has 3 rings (SSSR count). The Balaban J connectivity index is 2.00. The van der Waals surface area contributed by atoms with Crippen molar-refractivity contribution in [1.29, 1.82) is 0 Å². The van der Waals surface area contributed by atoms with Crippen LogP contribution in [-0.4, -0.2) is 25.1 Å². The van der Waals surface area contributed by atoms with Crippen LogP contribution >= 0.6 is 0 Å². The molecule has 24 heavy (non-hydrogen) atoms. The quantitative estimate of drug-likeness (QED) is 0.793. The Kier molecular flexibility index (Phi) is 4.33. The van der Waals surface area contributed by atoms with Gasteiger partial charge in [0.2, 0.25) is 0 Å². The minimum Gasteiger partial charge on any atom is -0.496 e. The molecular formula is C19H18N2O3. The summed E-state index contributed by atoms with van der Waals surface area (Å²) < 4.78 is 10.6. The summed E-state index contributed by atoms with van der Waals surface area (Å²) in [6.07, 6.45) is 1.70. The summed E-state index contributed by atoms with van der Waals surface area (Å²) in [5, 5.41) is 3.87. The summed E-state index contributed by atoms with van der Waals surface area (Å²) in [4.78, 5) is 17.1. The number of carbonyl (C=O) groups is 1. The lowest BCUT2D eigenvalue weighted by Gasteiger charge is -2.13. The minimum absolute atomic E-state index is 0.275. The van der Waals surface area contributed by atoms with Crippen molar-refractivity contribution in [3.63, 3.8) is 0 Å². The molecule has 1 aromatic heterocycles. The Morgan fingerprint density at radius 2 is 1.79 bits per heavy atom. The predicted molar refractivity (Wildman–Crippen MR) is 94.0 cm³/mol. The lowest BCUT2D eigenvalue weighted by molar-refractivity contribution is 0.102. The largest absolute Gasteiger partial charge is 0.496 e. The molecule has 0 aliphatic rings. The molecule has 0 aliphatic carbocycles. The first-order valence-electron chi connectivity index (χ1n) is 7.51. The van der Waals surface area contributed by atoms with Crippen LogP contribution in [0.15, 0.2) is 48.7 Å². The minimum atomic E-state index is -0.275.